The minimum atomic E-state index is -0.410. The molecule has 0 bridgehead atoms. The van der Waals surface area contributed by atoms with Crippen molar-refractivity contribution in [2.45, 2.75) is 76.0 Å². The van der Waals surface area contributed by atoms with E-state index in [2.05, 4.69) is 14.1 Å². The zero-order valence-electron chi connectivity index (χ0n) is 27.3. The number of hydrogen-bond acceptors (Lipinski definition) is 4. The lowest BCUT2D eigenvalue weighted by molar-refractivity contribution is -0.914. The van der Waals surface area contributed by atoms with Crippen LogP contribution in [0.15, 0.2) is 60.7 Å². The molecule has 2 saturated heterocycles. The minimum absolute atomic E-state index is 0.186. The van der Waals surface area contributed by atoms with Crippen LogP contribution in [0, 0.1) is 11.8 Å². The Balaban J connectivity index is 1.21. The Morgan fingerprint density at radius 3 is 1.30 bits per heavy atom. The molecule has 0 amide bonds. The van der Waals surface area contributed by atoms with Crippen LogP contribution in [0.25, 0.3) is 0 Å². The number of piperidine rings is 2. The van der Waals surface area contributed by atoms with Crippen LogP contribution in [0.3, 0.4) is 0 Å². The van der Waals surface area contributed by atoms with Crippen LogP contribution in [0.4, 0.5) is 0 Å². The van der Waals surface area contributed by atoms with E-state index in [0.29, 0.717) is 13.2 Å². The van der Waals surface area contributed by atoms with Crippen molar-refractivity contribution in [2.24, 2.45) is 11.8 Å². The number of esters is 2. The first kappa shape index (κ1) is 32.7. The van der Waals surface area contributed by atoms with E-state index in [0.717, 1.165) is 58.9 Å². The van der Waals surface area contributed by atoms with Gasteiger partial charge in [-0.2, -0.15) is 0 Å². The molecule has 5 rings (SSSR count). The number of unbranched alkanes of at least 4 members (excludes halogenated alkanes) is 2. The fourth-order valence-corrected chi connectivity index (χ4v) is 8.24. The van der Waals surface area contributed by atoms with Gasteiger partial charge < -0.3 is 18.4 Å². The molecule has 0 atom stereocenters. The Hall–Kier alpha value is -2.70. The number of hydrogen-bond donors (Lipinski definition) is 0. The second-order valence-corrected chi connectivity index (χ2v) is 14.4. The molecule has 44 heavy (non-hydrogen) atoms. The van der Waals surface area contributed by atoms with E-state index < -0.39 is 11.8 Å². The van der Waals surface area contributed by atoms with Crippen molar-refractivity contribution in [3.8, 4) is 0 Å². The molecule has 3 aliphatic rings. The second-order valence-electron chi connectivity index (χ2n) is 14.4. The largest absolute Gasteiger partial charge is 0.465 e. The second kappa shape index (κ2) is 15.5. The SMILES string of the molecule is C[N+]1(CCCCOC(=O)C2C(c3ccccc3)C(C(=O)OCCCC[N+]3(C)CCCCC3)C2c2ccccc2)CCCCC1. The lowest BCUT2D eigenvalue weighted by atomic mass is 9.52. The van der Waals surface area contributed by atoms with Gasteiger partial charge in [-0.05, 0) is 75.3 Å². The smallest absolute Gasteiger partial charge is 0.310 e. The number of ether oxygens (including phenoxy) is 2. The Kier molecular flexibility index (Phi) is 11.5. The monoisotopic (exact) mass is 604 g/mol. The van der Waals surface area contributed by atoms with Gasteiger partial charge in [-0.25, -0.2) is 0 Å². The first-order valence-corrected chi connectivity index (χ1v) is 17.5. The number of rotatable bonds is 14. The summed E-state index contributed by atoms with van der Waals surface area (Å²) < 4.78 is 14.2. The number of carbonyl (C=O) groups excluding carboxylic acids is 2. The molecule has 1 aliphatic carbocycles. The molecule has 6 nitrogen and oxygen atoms in total. The van der Waals surface area contributed by atoms with Gasteiger partial charge in [0, 0.05) is 11.8 Å². The average Bonchev–Trinajstić information content (AvgIpc) is 3.02. The summed E-state index contributed by atoms with van der Waals surface area (Å²) in [7, 11) is 4.73. The Morgan fingerprint density at radius 1 is 0.568 bits per heavy atom. The van der Waals surface area contributed by atoms with Crippen molar-refractivity contribution >= 4 is 11.9 Å². The standard InChI is InChI=1S/C38H56N2O4/c1-39(23-11-5-12-24-39)27-15-17-29-43-37(41)35-33(31-19-7-3-8-20-31)36(34(35)32-21-9-4-10-22-32)38(42)44-30-18-16-28-40(2)25-13-6-14-26-40/h3-4,7-10,19-22,33-36H,5-6,11-18,23-30H2,1-2H3/q+2. The molecule has 3 fully saturated rings. The molecule has 240 valence electrons. The molecule has 0 spiro atoms. The van der Waals surface area contributed by atoms with Crippen molar-refractivity contribution in [2.75, 3.05) is 66.6 Å². The third kappa shape index (κ3) is 8.31. The molecule has 0 radical (unpaired) electrons. The fourth-order valence-electron chi connectivity index (χ4n) is 8.24. The highest BCUT2D eigenvalue weighted by atomic mass is 16.5. The van der Waals surface area contributed by atoms with Gasteiger partial charge >= 0.3 is 11.9 Å². The fraction of sp³-hybridized carbons (Fsp3) is 0.632. The van der Waals surface area contributed by atoms with Gasteiger partial charge in [0.1, 0.15) is 0 Å². The summed E-state index contributed by atoms with van der Waals surface area (Å²) in [6.45, 7) is 8.20. The normalized spacial score (nSPS) is 25.9. The maximum atomic E-state index is 13.8. The number of likely N-dealkylation sites (tertiary alicyclic amines) is 2. The number of benzene rings is 2. The van der Waals surface area contributed by atoms with Gasteiger partial charge in [0.25, 0.3) is 0 Å². The number of nitrogens with zero attached hydrogens (tertiary/aromatic N) is 2. The first-order valence-electron chi connectivity index (χ1n) is 17.5. The highest BCUT2D eigenvalue weighted by Gasteiger charge is 2.59. The van der Waals surface area contributed by atoms with Gasteiger partial charge in [-0.15, -0.1) is 0 Å². The Labute approximate surface area is 265 Å². The Bertz CT molecular complexity index is 1070. The van der Waals surface area contributed by atoms with Gasteiger partial charge in [0.2, 0.25) is 0 Å². The highest BCUT2D eigenvalue weighted by Crippen LogP contribution is 2.58. The molecule has 1 saturated carbocycles. The summed E-state index contributed by atoms with van der Waals surface area (Å²) in [5, 5.41) is 0. The molecule has 2 aliphatic heterocycles. The molecule has 2 heterocycles. The summed E-state index contributed by atoms with van der Waals surface area (Å²) in [6, 6.07) is 20.1. The van der Waals surface area contributed by atoms with Crippen LogP contribution in [0.5, 0.6) is 0 Å². The quantitative estimate of drug-likeness (QED) is 0.137. The number of quaternary nitrogens is 2. The van der Waals surface area contributed by atoms with Crippen molar-refractivity contribution in [3.05, 3.63) is 71.8 Å². The molecular weight excluding hydrogens is 548 g/mol. The third-order valence-electron chi connectivity index (χ3n) is 10.9. The van der Waals surface area contributed by atoms with Crippen LogP contribution in [-0.2, 0) is 19.1 Å². The van der Waals surface area contributed by atoms with Crippen LogP contribution in [0.1, 0.15) is 87.2 Å². The zero-order chi connectivity index (χ0) is 30.8. The highest BCUT2D eigenvalue weighted by molar-refractivity contribution is 5.85. The van der Waals surface area contributed by atoms with E-state index in [1.54, 1.807) is 0 Å². The number of carbonyl (C=O) groups is 2. The average molecular weight is 605 g/mol. The summed E-state index contributed by atoms with van der Waals surface area (Å²) >= 11 is 0. The predicted octanol–water partition coefficient (Wildman–Crippen LogP) is 6.71. The molecule has 2 aromatic carbocycles. The van der Waals surface area contributed by atoms with Gasteiger partial charge in [-0.1, -0.05) is 60.7 Å². The summed E-state index contributed by atoms with van der Waals surface area (Å²) in [4.78, 5) is 27.6. The first-order chi connectivity index (χ1) is 21.4. The summed E-state index contributed by atoms with van der Waals surface area (Å²) in [5.41, 5.74) is 2.02. The van der Waals surface area contributed by atoms with E-state index in [9.17, 15) is 9.59 Å². The van der Waals surface area contributed by atoms with E-state index in [1.807, 2.05) is 60.7 Å². The zero-order valence-corrected chi connectivity index (χ0v) is 27.3. The van der Waals surface area contributed by atoms with E-state index in [4.69, 9.17) is 9.47 Å². The van der Waals surface area contributed by atoms with Gasteiger partial charge in [0.05, 0.1) is 78.4 Å². The van der Waals surface area contributed by atoms with E-state index in [1.165, 1.54) is 64.7 Å². The van der Waals surface area contributed by atoms with Crippen LogP contribution < -0.4 is 0 Å². The van der Waals surface area contributed by atoms with E-state index >= 15 is 0 Å². The minimum Gasteiger partial charge on any atom is -0.465 e. The van der Waals surface area contributed by atoms with Gasteiger partial charge in [-0.3, -0.25) is 9.59 Å². The topological polar surface area (TPSA) is 52.6 Å². The van der Waals surface area contributed by atoms with Crippen molar-refractivity contribution in [1.29, 1.82) is 0 Å². The van der Waals surface area contributed by atoms with Crippen LogP contribution in [0.2, 0.25) is 0 Å². The maximum Gasteiger partial charge on any atom is 0.310 e. The lowest BCUT2D eigenvalue weighted by Gasteiger charge is -2.49. The summed E-state index contributed by atoms with van der Waals surface area (Å²) in [5.74, 6) is -1.70. The molecule has 6 heteroatoms. The summed E-state index contributed by atoms with van der Waals surface area (Å²) in [6.07, 6.45) is 11.8. The molecule has 2 aromatic rings. The Morgan fingerprint density at radius 2 is 0.932 bits per heavy atom. The molecule has 0 aromatic heterocycles. The predicted molar refractivity (Wildman–Crippen MR) is 175 cm³/mol. The molecular formula is C38H56N2O4+2. The van der Waals surface area contributed by atoms with Crippen molar-refractivity contribution in [3.63, 3.8) is 0 Å². The maximum absolute atomic E-state index is 13.8. The molecule has 0 N–H and O–H groups in total. The van der Waals surface area contributed by atoms with E-state index in [-0.39, 0.29) is 23.8 Å². The van der Waals surface area contributed by atoms with Crippen LogP contribution in [-0.4, -0.2) is 87.5 Å². The lowest BCUT2D eigenvalue weighted by Crippen LogP contribution is -2.52. The van der Waals surface area contributed by atoms with Crippen molar-refractivity contribution in [1.82, 2.24) is 0 Å². The van der Waals surface area contributed by atoms with Crippen molar-refractivity contribution < 1.29 is 28.0 Å². The molecule has 0 unspecified atom stereocenters. The van der Waals surface area contributed by atoms with Gasteiger partial charge in [0.15, 0.2) is 0 Å². The third-order valence-corrected chi connectivity index (χ3v) is 10.9. The van der Waals surface area contributed by atoms with Crippen LogP contribution >= 0.6 is 0 Å².